The molecule has 7 heteroatoms. The fraction of sp³-hybridized carbons (Fsp3) is 0.167. The minimum atomic E-state index is -1.39. The topological polar surface area (TPSA) is 124 Å². The second-order valence-electron chi connectivity index (χ2n) is 7.07. The van der Waals surface area contributed by atoms with E-state index in [-0.39, 0.29) is 17.3 Å². The van der Waals surface area contributed by atoms with Crippen LogP contribution < -0.4 is 4.74 Å². The molecule has 4 N–H and O–H groups in total. The normalized spacial score (nSPS) is 12.4. The maximum absolute atomic E-state index is 12.0. The summed E-state index contributed by atoms with van der Waals surface area (Å²) in [6.45, 7) is 0.298. The summed E-state index contributed by atoms with van der Waals surface area (Å²) in [5, 5.41) is 37.5. The Morgan fingerprint density at radius 2 is 1.42 bits per heavy atom. The van der Waals surface area contributed by atoms with Crippen LogP contribution in [-0.4, -0.2) is 45.4 Å². The number of allylic oxidation sites excluding steroid dienone is 3. The summed E-state index contributed by atoms with van der Waals surface area (Å²) in [5.41, 5.74) is 0.0170. The van der Waals surface area contributed by atoms with Crippen molar-refractivity contribution in [3.8, 4) is 11.5 Å². The van der Waals surface area contributed by atoms with Crippen molar-refractivity contribution >= 4 is 23.9 Å². The zero-order valence-corrected chi connectivity index (χ0v) is 16.9. The van der Waals surface area contributed by atoms with E-state index in [0.717, 1.165) is 11.6 Å². The van der Waals surface area contributed by atoms with E-state index in [1.807, 2.05) is 0 Å². The minimum absolute atomic E-state index is 0.136. The molecule has 162 valence electrons. The molecule has 0 fully saturated rings. The molecule has 0 unspecified atom stereocenters. The molecule has 0 saturated heterocycles. The maximum Gasteiger partial charge on any atom is 0.321 e. The highest BCUT2D eigenvalue weighted by molar-refractivity contribution is 6.02. The molecule has 0 radical (unpaired) electrons. The van der Waals surface area contributed by atoms with Crippen molar-refractivity contribution in [2.75, 3.05) is 13.2 Å². The Morgan fingerprint density at radius 1 is 0.903 bits per heavy atom. The first-order valence-corrected chi connectivity index (χ1v) is 9.39. The molecule has 0 aliphatic heterocycles. The fourth-order valence-electron chi connectivity index (χ4n) is 2.24. The summed E-state index contributed by atoms with van der Waals surface area (Å²) in [5.74, 6) is -1.03. The molecule has 0 aromatic heterocycles. The first-order valence-electron chi connectivity index (χ1n) is 9.39. The Balaban J connectivity index is 1.95. The first kappa shape index (κ1) is 23.6. The molecule has 0 amide bonds. The first-order chi connectivity index (χ1) is 14.8. The second-order valence-corrected chi connectivity index (χ2v) is 7.07. The number of carbonyl (C=O) groups excluding carboxylic acids is 2. The third kappa shape index (κ3) is 7.26. The molecule has 0 spiro atoms. The average molecular weight is 424 g/mol. The van der Waals surface area contributed by atoms with Gasteiger partial charge < -0.3 is 25.2 Å². The molecule has 31 heavy (non-hydrogen) atoms. The number of rotatable bonds is 9. The lowest BCUT2D eigenvalue weighted by atomic mass is 9.93. The van der Waals surface area contributed by atoms with Gasteiger partial charge in [-0.1, -0.05) is 36.4 Å². The molecule has 2 rings (SSSR count). The van der Waals surface area contributed by atoms with Crippen LogP contribution in [0.15, 0.2) is 72.5 Å². The van der Waals surface area contributed by atoms with Gasteiger partial charge in [0.25, 0.3) is 0 Å². The molecular weight excluding hydrogens is 400 g/mol. The van der Waals surface area contributed by atoms with Crippen molar-refractivity contribution in [3.63, 3.8) is 0 Å². The molecule has 0 aliphatic rings. The van der Waals surface area contributed by atoms with Crippen molar-refractivity contribution in [2.45, 2.75) is 6.92 Å². The van der Waals surface area contributed by atoms with E-state index in [1.54, 1.807) is 30.3 Å². The molecule has 0 atom stereocenters. The lowest BCUT2D eigenvalue weighted by Gasteiger charge is -2.21. The van der Waals surface area contributed by atoms with Crippen LogP contribution in [0, 0.1) is 5.41 Å². The SMILES string of the molecule is CC(CO)(CO)C(=O)Oc1ccc(/C=C/C(=O)/C=C(O)/C=C/c2ccc(O)cc2)cc1. The number of ether oxygens (including phenoxy) is 1. The van der Waals surface area contributed by atoms with E-state index in [4.69, 9.17) is 4.74 Å². The zero-order chi connectivity index (χ0) is 22.9. The number of ketones is 1. The molecule has 0 saturated carbocycles. The number of esters is 1. The van der Waals surface area contributed by atoms with E-state index in [9.17, 15) is 30.0 Å². The number of hydrogen-bond donors (Lipinski definition) is 4. The summed E-state index contributed by atoms with van der Waals surface area (Å²) >= 11 is 0. The monoisotopic (exact) mass is 424 g/mol. The van der Waals surface area contributed by atoms with Crippen LogP contribution in [0.3, 0.4) is 0 Å². The minimum Gasteiger partial charge on any atom is -0.508 e. The highest BCUT2D eigenvalue weighted by Gasteiger charge is 2.34. The number of carbonyl (C=O) groups is 2. The molecule has 0 aliphatic carbocycles. The predicted octanol–water partition coefficient (Wildman–Crippen LogP) is 3.03. The predicted molar refractivity (Wildman–Crippen MR) is 116 cm³/mol. The summed E-state index contributed by atoms with van der Waals surface area (Å²) in [6, 6.07) is 12.6. The highest BCUT2D eigenvalue weighted by Crippen LogP contribution is 2.21. The van der Waals surface area contributed by atoms with Crippen molar-refractivity contribution in [2.24, 2.45) is 5.41 Å². The molecule has 7 nitrogen and oxygen atoms in total. The van der Waals surface area contributed by atoms with Crippen LogP contribution in [-0.2, 0) is 9.59 Å². The van der Waals surface area contributed by atoms with Crippen molar-refractivity contribution in [1.29, 1.82) is 0 Å². The molecular formula is C24H24O7. The Kier molecular flexibility index (Phi) is 8.31. The standard InChI is InChI=1S/C24H24O7/c1-24(15-25,16-26)23(30)31-22-12-6-18(7-13-22)5-11-21(29)14-20(28)10-4-17-2-8-19(27)9-3-17/h2-14,25-28H,15-16H2,1H3/b10-4+,11-5+,20-14-. The van der Waals surface area contributed by atoms with Crippen LogP contribution in [0.4, 0.5) is 0 Å². The maximum atomic E-state index is 12.0. The Bertz CT molecular complexity index is 980. The van der Waals surface area contributed by atoms with Crippen molar-refractivity contribution in [1.82, 2.24) is 0 Å². The average Bonchev–Trinajstić information content (AvgIpc) is 2.77. The van der Waals surface area contributed by atoms with Crippen molar-refractivity contribution < 1.29 is 34.8 Å². The summed E-state index contributed by atoms with van der Waals surface area (Å²) in [6.07, 6.45) is 6.84. The van der Waals surface area contributed by atoms with Gasteiger partial charge in [0, 0.05) is 6.08 Å². The number of aliphatic hydroxyl groups is 3. The van der Waals surface area contributed by atoms with Gasteiger partial charge in [-0.25, -0.2) is 0 Å². The van der Waals surface area contributed by atoms with Crippen LogP contribution >= 0.6 is 0 Å². The lowest BCUT2D eigenvalue weighted by Crippen LogP contribution is -2.38. The van der Waals surface area contributed by atoms with E-state index >= 15 is 0 Å². The van der Waals surface area contributed by atoms with Crippen LogP contribution in [0.5, 0.6) is 11.5 Å². The summed E-state index contributed by atoms with van der Waals surface area (Å²) < 4.78 is 5.15. The number of phenolic OH excluding ortho intramolecular Hbond substituents is 1. The van der Waals surface area contributed by atoms with Crippen LogP contribution in [0.1, 0.15) is 18.1 Å². The van der Waals surface area contributed by atoms with Gasteiger partial charge in [-0.15, -0.1) is 0 Å². The van der Waals surface area contributed by atoms with Crippen LogP contribution in [0.25, 0.3) is 12.2 Å². The Morgan fingerprint density at radius 3 is 1.97 bits per heavy atom. The third-order valence-electron chi connectivity index (χ3n) is 4.35. The van der Waals surface area contributed by atoms with Gasteiger partial charge in [0.15, 0.2) is 5.78 Å². The number of hydrogen-bond acceptors (Lipinski definition) is 7. The van der Waals surface area contributed by atoms with Crippen molar-refractivity contribution in [3.05, 3.63) is 83.6 Å². The van der Waals surface area contributed by atoms with Gasteiger partial charge in [-0.2, -0.15) is 0 Å². The van der Waals surface area contributed by atoms with Gasteiger partial charge in [-0.3, -0.25) is 9.59 Å². The molecule has 2 aromatic carbocycles. The van der Waals surface area contributed by atoms with E-state index in [0.29, 0.717) is 5.56 Å². The number of benzene rings is 2. The summed E-state index contributed by atoms with van der Waals surface area (Å²) in [4.78, 5) is 24.0. The fourth-order valence-corrected chi connectivity index (χ4v) is 2.24. The largest absolute Gasteiger partial charge is 0.508 e. The lowest BCUT2D eigenvalue weighted by molar-refractivity contribution is -0.149. The van der Waals surface area contributed by atoms with E-state index in [2.05, 4.69) is 0 Å². The van der Waals surface area contributed by atoms with Gasteiger partial charge in [0.1, 0.15) is 22.7 Å². The molecule has 0 heterocycles. The smallest absolute Gasteiger partial charge is 0.321 e. The second kappa shape index (κ2) is 10.9. The van der Waals surface area contributed by atoms with E-state index < -0.39 is 30.4 Å². The zero-order valence-electron chi connectivity index (χ0n) is 16.9. The van der Waals surface area contributed by atoms with Gasteiger partial charge in [0.2, 0.25) is 0 Å². The Labute approximate surface area is 179 Å². The number of aromatic hydroxyl groups is 1. The van der Waals surface area contributed by atoms with Gasteiger partial charge >= 0.3 is 5.97 Å². The number of aliphatic hydroxyl groups excluding tert-OH is 3. The summed E-state index contributed by atoms with van der Waals surface area (Å²) in [7, 11) is 0. The van der Waals surface area contributed by atoms with Gasteiger partial charge in [0.05, 0.1) is 13.2 Å². The van der Waals surface area contributed by atoms with Gasteiger partial charge in [-0.05, 0) is 54.5 Å². The van der Waals surface area contributed by atoms with Crippen LogP contribution in [0.2, 0.25) is 0 Å². The molecule has 2 aromatic rings. The third-order valence-corrected chi connectivity index (χ3v) is 4.35. The number of phenols is 1. The highest BCUT2D eigenvalue weighted by atomic mass is 16.5. The molecule has 0 bridgehead atoms. The Hall–Kier alpha value is -3.68. The van der Waals surface area contributed by atoms with E-state index in [1.165, 1.54) is 49.4 Å². The quantitative estimate of drug-likeness (QED) is 0.160.